The van der Waals surface area contributed by atoms with E-state index in [0.29, 0.717) is 13.0 Å². The first-order valence-electron chi connectivity index (χ1n) is 5.05. The van der Waals surface area contributed by atoms with Gasteiger partial charge in [-0.25, -0.2) is 15.0 Å². The summed E-state index contributed by atoms with van der Waals surface area (Å²) < 4.78 is 0. The summed E-state index contributed by atoms with van der Waals surface area (Å²) in [5, 5.41) is 16.5. The fourth-order valence-corrected chi connectivity index (χ4v) is 1.99. The van der Waals surface area contributed by atoms with E-state index < -0.39 is 4.92 Å². The first-order valence-corrected chi connectivity index (χ1v) is 5.93. The molecule has 0 aliphatic rings. The predicted octanol–water partition coefficient (Wildman–Crippen LogP) is 1.08. The molecule has 2 rings (SSSR count). The maximum atomic E-state index is 10.8. The van der Waals surface area contributed by atoms with Crippen LogP contribution in [-0.4, -0.2) is 26.4 Å². The third-order valence-electron chi connectivity index (χ3n) is 2.15. The molecule has 2 heterocycles. The molecule has 2 aromatic heterocycles. The third kappa shape index (κ3) is 2.69. The van der Waals surface area contributed by atoms with Gasteiger partial charge in [0.2, 0.25) is 11.6 Å². The van der Waals surface area contributed by atoms with Gasteiger partial charge in [-0.3, -0.25) is 10.1 Å². The molecule has 0 spiro atoms. The van der Waals surface area contributed by atoms with Crippen molar-refractivity contribution < 1.29 is 4.92 Å². The van der Waals surface area contributed by atoms with Gasteiger partial charge in [0.05, 0.1) is 9.93 Å². The number of hydrogen-bond acceptors (Lipinski definition) is 8. The van der Waals surface area contributed by atoms with Crippen LogP contribution >= 0.6 is 11.3 Å². The summed E-state index contributed by atoms with van der Waals surface area (Å²) >= 11 is 1.53. The van der Waals surface area contributed by atoms with Gasteiger partial charge in [-0.1, -0.05) is 0 Å². The smallest absolute Gasteiger partial charge is 0.352 e. The van der Waals surface area contributed by atoms with Crippen LogP contribution in [0.25, 0.3) is 0 Å². The average molecular weight is 266 g/mol. The second kappa shape index (κ2) is 5.36. The van der Waals surface area contributed by atoms with Gasteiger partial charge >= 0.3 is 5.69 Å². The molecule has 0 radical (unpaired) electrons. The van der Waals surface area contributed by atoms with Crippen molar-refractivity contribution in [3.63, 3.8) is 0 Å². The molecule has 0 fully saturated rings. The molecule has 94 valence electrons. The lowest BCUT2D eigenvalue weighted by atomic mass is 10.4. The molecular formula is C9H10N6O2S. The highest BCUT2D eigenvalue weighted by molar-refractivity contribution is 7.09. The molecule has 9 heteroatoms. The lowest BCUT2D eigenvalue weighted by molar-refractivity contribution is -0.383. The van der Waals surface area contributed by atoms with Crippen LogP contribution in [0.5, 0.6) is 0 Å². The van der Waals surface area contributed by atoms with Crippen molar-refractivity contribution >= 4 is 28.7 Å². The quantitative estimate of drug-likeness (QED) is 0.613. The highest BCUT2D eigenvalue weighted by Crippen LogP contribution is 2.25. The normalized spacial score (nSPS) is 10.2. The number of nitrogen functional groups attached to an aromatic ring is 1. The first-order chi connectivity index (χ1) is 8.68. The van der Waals surface area contributed by atoms with Crippen LogP contribution in [0.15, 0.2) is 17.9 Å². The Balaban J connectivity index is 2.05. The van der Waals surface area contributed by atoms with Gasteiger partial charge in [0.15, 0.2) is 0 Å². The molecule has 0 amide bonds. The fraction of sp³-hybridized carbons (Fsp3) is 0.222. The minimum absolute atomic E-state index is 0.129. The minimum atomic E-state index is -0.596. The second-order valence-corrected chi connectivity index (χ2v) is 4.29. The van der Waals surface area contributed by atoms with E-state index in [1.807, 2.05) is 5.38 Å². The Bertz CT molecular complexity index is 544. The summed E-state index contributed by atoms with van der Waals surface area (Å²) in [7, 11) is 0. The van der Waals surface area contributed by atoms with Crippen LogP contribution in [0.1, 0.15) is 5.01 Å². The van der Waals surface area contributed by atoms with Crippen LogP contribution in [0, 0.1) is 10.1 Å². The van der Waals surface area contributed by atoms with Crippen molar-refractivity contribution in [1.82, 2.24) is 15.0 Å². The van der Waals surface area contributed by atoms with Crippen LogP contribution in [0.2, 0.25) is 0 Å². The van der Waals surface area contributed by atoms with Gasteiger partial charge in [-0.2, -0.15) is 0 Å². The van der Waals surface area contributed by atoms with E-state index in [1.165, 1.54) is 17.7 Å². The molecule has 0 saturated carbocycles. The highest BCUT2D eigenvalue weighted by atomic mass is 32.1. The zero-order valence-corrected chi connectivity index (χ0v) is 10.1. The molecular weight excluding hydrogens is 256 g/mol. The van der Waals surface area contributed by atoms with Crippen molar-refractivity contribution in [2.24, 2.45) is 0 Å². The monoisotopic (exact) mass is 266 g/mol. The molecule has 18 heavy (non-hydrogen) atoms. The molecule has 0 saturated heterocycles. The van der Waals surface area contributed by atoms with Gasteiger partial charge in [0.1, 0.15) is 6.33 Å². The summed E-state index contributed by atoms with van der Waals surface area (Å²) in [6.07, 6.45) is 3.57. The summed E-state index contributed by atoms with van der Waals surface area (Å²) in [6.45, 7) is 0.491. The summed E-state index contributed by atoms with van der Waals surface area (Å²) in [5.41, 5.74) is 5.15. The molecule has 8 nitrogen and oxygen atoms in total. The van der Waals surface area contributed by atoms with E-state index in [1.54, 1.807) is 6.20 Å². The van der Waals surface area contributed by atoms with Crippen molar-refractivity contribution in [2.45, 2.75) is 6.42 Å². The SMILES string of the molecule is Nc1ncnc(NCCc2nccs2)c1[N+](=O)[O-]. The van der Waals surface area contributed by atoms with Crippen LogP contribution in [0.4, 0.5) is 17.3 Å². The Morgan fingerprint density at radius 3 is 2.94 bits per heavy atom. The van der Waals surface area contributed by atoms with Crippen LogP contribution in [0.3, 0.4) is 0 Å². The number of thiazole rings is 1. The molecule has 0 unspecified atom stereocenters. The predicted molar refractivity (Wildman–Crippen MR) is 67.4 cm³/mol. The molecule has 0 atom stereocenters. The lowest BCUT2D eigenvalue weighted by Crippen LogP contribution is -2.10. The number of nitrogens with one attached hydrogen (secondary N) is 1. The van der Waals surface area contributed by atoms with Gasteiger partial charge in [-0.05, 0) is 0 Å². The zero-order valence-electron chi connectivity index (χ0n) is 9.24. The summed E-state index contributed by atoms with van der Waals surface area (Å²) in [5.74, 6) is -0.0178. The van der Waals surface area contributed by atoms with Gasteiger partial charge in [0, 0.05) is 24.5 Å². The van der Waals surface area contributed by atoms with Gasteiger partial charge in [0.25, 0.3) is 0 Å². The second-order valence-electron chi connectivity index (χ2n) is 3.32. The van der Waals surface area contributed by atoms with E-state index in [4.69, 9.17) is 5.73 Å². The molecule has 0 aromatic carbocycles. The zero-order chi connectivity index (χ0) is 13.0. The largest absolute Gasteiger partial charge is 0.378 e. The Morgan fingerprint density at radius 2 is 2.28 bits per heavy atom. The Hall–Kier alpha value is -2.29. The summed E-state index contributed by atoms with van der Waals surface area (Å²) in [6, 6.07) is 0. The Labute approximate surface area is 106 Å². The maximum absolute atomic E-state index is 10.8. The van der Waals surface area contributed by atoms with Crippen LogP contribution in [-0.2, 0) is 6.42 Å². The van der Waals surface area contributed by atoms with Crippen molar-refractivity contribution in [3.8, 4) is 0 Å². The number of anilines is 2. The number of nitrogens with zero attached hydrogens (tertiary/aromatic N) is 4. The third-order valence-corrected chi connectivity index (χ3v) is 2.99. The number of hydrogen-bond donors (Lipinski definition) is 2. The van der Waals surface area contributed by atoms with Gasteiger partial charge < -0.3 is 11.1 Å². The highest BCUT2D eigenvalue weighted by Gasteiger charge is 2.20. The van der Waals surface area contributed by atoms with Crippen LogP contribution < -0.4 is 11.1 Å². The van der Waals surface area contributed by atoms with Crippen molar-refractivity contribution in [3.05, 3.63) is 33.0 Å². The molecule has 0 aliphatic heterocycles. The molecule has 3 N–H and O–H groups in total. The fourth-order valence-electron chi connectivity index (χ4n) is 1.37. The first kappa shape index (κ1) is 12.2. The standard InChI is InChI=1S/C9H10N6O2S/c10-8-7(15(16)17)9(14-5-13-8)12-2-1-6-11-3-4-18-6/h3-5H,1-2H2,(H3,10,12,13,14). The van der Waals surface area contributed by atoms with E-state index in [2.05, 4.69) is 20.3 Å². The minimum Gasteiger partial charge on any atom is -0.378 e. The van der Waals surface area contributed by atoms with E-state index in [9.17, 15) is 10.1 Å². The van der Waals surface area contributed by atoms with Crippen molar-refractivity contribution in [2.75, 3.05) is 17.6 Å². The average Bonchev–Trinajstić information content (AvgIpc) is 2.81. The van der Waals surface area contributed by atoms with E-state index in [-0.39, 0.29) is 17.3 Å². The van der Waals surface area contributed by atoms with Crippen molar-refractivity contribution in [1.29, 1.82) is 0 Å². The number of nitro groups is 1. The Kier molecular flexibility index (Phi) is 3.63. The lowest BCUT2D eigenvalue weighted by Gasteiger charge is -2.05. The van der Waals surface area contributed by atoms with Gasteiger partial charge in [-0.15, -0.1) is 11.3 Å². The van der Waals surface area contributed by atoms with E-state index in [0.717, 1.165) is 5.01 Å². The summed E-state index contributed by atoms with van der Waals surface area (Å²) in [4.78, 5) is 21.8. The number of aromatic nitrogens is 3. The maximum Gasteiger partial charge on any atom is 0.352 e. The molecule has 0 bridgehead atoms. The number of nitrogens with two attached hydrogens (primary N) is 1. The Morgan fingerprint density at radius 1 is 1.44 bits per heavy atom. The topological polar surface area (TPSA) is 120 Å². The number of rotatable bonds is 5. The van der Waals surface area contributed by atoms with E-state index >= 15 is 0 Å². The molecule has 0 aliphatic carbocycles. The molecule has 2 aromatic rings.